The summed E-state index contributed by atoms with van der Waals surface area (Å²) in [6.07, 6.45) is 2.24. The van der Waals surface area contributed by atoms with Gasteiger partial charge in [-0.05, 0) is 57.0 Å². The van der Waals surface area contributed by atoms with E-state index in [0.29, 0.717) is 10.9 Å². The Morgan fingerprint density at radius 1 is 1.58 bits per heavy atom. The number of phenolic OH excluding ortho intramolecular Hbond substituents is 1. The molecule has 4 nitrogen and oxygen atoms in total. The second kappa shape index (κ2) is 6.26. The number of carbonyl (C=O) groups excluding carboxylic acids is 1. The van der Waals surface area contributed by atoms with Crippen LogP contribution in [0.1, 0.15) is 30.1 Å². The Balaban J connectivity index is 2.01. The summed E-state index contributed by atoms with van der Waals surface area (Å²) in [5.41, 5.74) is 0.225. The summed E-state index contributed by atoms with van der Waals surface area (Å²) in [5.74, 6) is 0.105. The third-order valence-corrected chi connectivity index (χ3v) is 3.84. The first-order valence-electron chi connectivity index (χ1n) is 6.58. The molecule has 5 heteroatoms. The van der Waals surface area contributed by atoms with Crippen LogP contribution < -0.4 is 10.6 Å². The SMILES string of the molecule is CC(NC(=O)c1cc(Cl)ccc1O)C1CCCNC1. The number of carbonyl (C=O) groups is 1. The summed E-state index contributed by atoms with van der Waals surface area (Å²) in [6.45, 7) is 3.96. The third-order valence-electron chi connectivity index (χ3n) is 3.60. The maximum atomic E-state index is 12.1. The van der Waals surface area contributed by atoms with Gasteiger partial charge in [0.2, 0.25) is 0 Å². The van der Waals surface area contributed by atoms with E-state index in [1.165, 1.54) is 12.1 Å². The minimum absolute atomic E-state index is 0.0455. The Hall–Kier alpha value is -1.26. The van der Waals surface area contributed by atoms with Crippen LogP contribution in [0.5, 0.6) is 5.75 Å². The monoisotopic (exact) mass is 282 g/mol. The normalized spacial score (nSPS) is 20.8. The third kappa shape index (κ3) is 3.61. The van der Waals surface area contributed by atoms with Gasteiger partial charge in [0.15, 0.2) is 0 Å². The Kier molecular flexibility index (Phi) is 4.66. The maximum absolute atomic E-state index is 12.1. The number of aromatic hydroxyl groups is 1. The summed E-state index contributed by atoms with van der Waals surface area (Å²) >= 11 is 5.85. The van der Waals surface area contributed by atoms with E-state index in [-0.39, 0.29) is 23.3 Å². The lowest BCUT2D eigenvalue weighted by atomic mass is 9.92. The molecular formula is C14H19ClN2O2. The minimum Gasteiger partial charge on any atom is -0.507 e. The van der Waals surface area contributed by atoms with Gasteiger partial charge in [0.1, 0.15) is 5.75 Å². The van der Waals surface area contributed by atoms with E-state index in [2.05, 4.69) is 10.6 Å². The van der Waals surface area contributed by atoms with E-state index < -0.39 is 0 Å². The van der Waals surface area contributed by atoms with Gasteiger partial charge in [0.05, 0.1) is 5.56 Å². The van der Waals surface area contributed by atoms with Crippen molar-refractivity contribution in [1.29, 1.82) is 0 Å². The summed E-state index contributed by atoms with van der Waals surface area (Å²) in [5, 5.41) is 16.4. The second-order valence-corrected chi connectivity index (χ2v) is 5.47. The molecule has 0 saturated carbocycles. The van der Waals surface area contributed by atoms with Crippen molar-refractivity contribution in [1.82, 2.24) is 10.6 Å². The van der Waals surface area contributed by atoms with E-state index in [1.54, 1.807) is 6.07 Å². The van der Waals surface area contributed by atoms with Gasteiger partial charge < -0.3 is 15.7 Å². The molecule has 1 aromatic carbocycles. The van der Waals surface area contributed by atoms with Crippen molar-refractivity contribution in [3.8, 4) is 5.75 Å². The van der Waals surface area contributed by atoms with Crippen molar-refractivity contribution in [3.05, 3.63) is 28.8 Å². The molecule has 0 aromatic heterocycles. The molecule has 2 unspecified atom stereocenters. The van der Waals surface area contributed by atoms with Gasteiger partial charge in [-0.25, -0.2) is 0 Å². The molecule has 1 amide bonds. The van der Waals surface area contributed by atoms with Gasteiger partial charge in [0, 0.05) is 11.1 Å². The van der Waals surface area contributed by atoms with Crippen molar-refractivity contribution in [2.45, 2.75) is 25.8 Å². The number of phenols is 1. The number of hydrogen-bond acceptors (Lipinski definition) is 3. The molecule has 2 atom stereocenters. The highest BCUT2D eigenvalue weighted by Gasteiger charge is 2.22. The predicted molar refractivity (Wildman–Crippen MR) is 75.6 cm³/mol. The van der Waals surface area contributed by atoms with Crippen molar-refractivity contribution < 1.29 is 9.90 Å². The van der Waals surface area contributed by atoms with Crippen LogP contribution in [0.15, 0.2) is 18.2 Å². The van der Waals surface area contributed by atoms with Crippen LogP contribution in [0.2, 0.25) is 5.02 Å². The highest BCUT2D eigenvalue weighted by atomic mass is 35.5. The number of amides is 1. The summed E-state index contributed by atoms with van der Waals surface area (Å²) in [7, 11) is 0. The van der Waals surface area contributed by atoms with Gasteiger partial charge in [-0.2, -0.15) is 0 Å². The van der Waals surface area contributed by atoms with Crippen LogP contribution in [-0.2, 0) is 0 Å². The molecule has 0 spiro atoms. The number of halogens is 1. The molecule has 2 rings (SSSR count). The molecule has 104 valence electrons. The zero-order valence-corrected chi connectivity index (χ0v) is 11.7. The Morgan fingerprint density at radius 2 is 2.37 bits per heavy atom. The molecule has 1 heterocycles. The topological polar surface area (TPSA) is 61.4 Å². The van der Waals surface area contributed by atoms with E-state index >= 15 is 0 Å². The van der Waals surface area contributed by atoms with Crippen LogP contribution >= 0.6 is 11.6 Å². The number of rotatable bonds is 3. The Labute approximate surface area is 118 Å². The zero-order valence-electron chi connectivity index (χ0n) is 10.9. The lowest BCUT2D eigenvalue weighted by Crippen LogP contribution is -2.44. The minimum atomic E-state index is -0.280. The maximum Gasteiger partial charge on any atom is 0.255 e. The van der Waals surface area contributed by atoms with Gasteiger partial charge in [-0.1, -0.05) is 11.6 Å². The smallest absolute Gasteiger partial charge is 0.255 e. The van der Waals surface area contributed by atoms with E-state index in [1.807, 2.05) is 6.92 Å². The molecule has 1 fully saturated rings. The fraction of sp³-hybridized carbons (Fsp3) is 0.500. The largest absolute Gasteiger partial charge is 0.507 e. The van der Waals surface area contributed by atoms with E-state index in [4.69, 9.17) is 11.6 Å². The van der Waals surface area contributed by atoms with Crippen molar-refractivity contribution in [3.63, 3.8) is 0 Å². The molecular weight excluding hydrogens is 264 g/mol. The summed E-state index contributed by atoms with van der Waals surface area (Å²) in [6, 6.07) is 4.54. The Bertz CT molecular complexity index is 459. The van der Waals surface area contributed by atoms with Crippen LogP contribution in [0.25, 0.3) is 0 Å². The highest BCUT2D eigenvalue weighted by Crippen LogP contribution is 2.22. The number of nitrogens with one attached hydrogen (secondary N) is 2. The first-order valence-corrected chi connectivity index (χ1v) is 6.96. The fourth-order valence-corrected chi connectivity index (χ4v) is 2.57. The van der Waals surface area contributed by atoms with Crippen molar-refractivity contribution in [2.75, 3.05) is 13.1 Å². The average molecular weight is 283 g/mol. The first kappa shape index (κ1) is 14.2. The second-order valence-electron chi connectivity index (χ2n) is 5.03. The van der Waals surface area contributed by atoms with Gasteiger partial charge in [0.25, 0.3) is 5.91 Å². The molecule has 1 aromatic rings. The lowest BCUT2D eigenvalue weighted by molar-refractivity contribution is 0.0919. The number of hydrogen-bond donors (Lipinski definition) is 3. The van der Waals surface area contributed by atoms with Gasteiger partial charge in [-0.3, -0.25) is 4.79 Å². The summed E-state index contributed by atoms with van der Waals surface area (Å²) < 4.78 is 0. The van der Waals surface area contributed by atoms with Crippen LogP contribution in [-0.4, -0.2) is 30.1 Å². The van der Waals surface area contributed by atoms with Crippen LogP contribution in [0, 0.1) is 5.92 Å². The average Bonchev–Trinajstić information content (AvgIpc) is 2.42. The molecule has 0 radical (unpaired) electrons. The quantitative estimate of drug-likeness (QED) is 0.796. The zero-order chi connectivity index (χ0) is 13.8. The molecule has 0 bridgehead atoms. The van der Waals surface area contributed by atoms with Crippen molar-refractivity contribution in [2.24, 2.45) is 5.92 Å². The Morgan fingerprint density at radius 3 is 3.05 bits per heavy atom. The van der Waals surface area contributed by atoms with E-state index in [0.717, 1.165) is 25.9 Å². The molecule has 3 N–H and O–H groups in total. The molecule has 0 aliphatic carbocycles. The van der Waals surface area contributed by atoms with Gasteiger partial charge in [-0.15, -0.1) is 0 Å². The van der Waals surface area contributed by atoms with E-state index in [9.17, 15) is 9.90 Å². The highest BCUT2D eigenvalue weighted by molar-refractivity contribution is 6.31. The van der Waals surface area contributed by atoms with Crippen LogP contribution in [0.4, 0.5) is 0 Å². The lowest BCUT2D eigenvalue weighted by Gasteiger charge is -2.29. The summed E-state index contributed by atoms with van der Waals surface area (Å²) in [4.78, 5) is 12.1. The standard InChI is InChI=1S/C14H19ClN2O2/c1-9(10-3-2-6-16-8-10)17-14(19)12-7-11(15)4-5-13(12)18/h4-5,7,9-10,16,18H,2-3,6,8H2,1H3,(H,17,19). The van der Waals surface area contributed by atoms with Crippen molar-refractivity contribution >= 4 is 17.5 Å². The molecule has 19 heavy (non-hydrogen) atoms. The molecule has 1 saturated heterocycles. The van der Waals surface area contributed by atoms with Crippen LogP contribution in [0.3, 0.4) is 0 Å². The number of benzene rings is 1. The number of piperidine rings is 1. The molecule has 1 aliphatic heterocycles. The first-order chi connectivity index (χ1) is 9.08. The predicted octanol–water partition coefficient (Wildman–Crippen LogP) is 2.16. The molecule has 1 aliphatic rings. The van der Waals surface area contributed by atoms with Gasteiger partial charge >= 0.3 is 0 Å². The fourth-order valence-electron chi connectivity index (χ4n) is 2.40.